The number of benzene rings is 1. The van der Waals surface area contributed by atoms with E-state index in [2.05, 4.69) is 50.3 Å². The summed E-state index contributed by atoms with van der Waals surface area (Å²) in [6.07, 6.45) is 2.57. The summed E-state index contributed by atoms with van der Waals surface area (Å²) in [5, 5.41) is 9.80. The van der Waals surface area contributed by atoms with E-state index in [4.69, 9.17) is 5.73 Å². The fraction of sp³-hybridized carbons (Fsp3) is 0.500. The largest absolute Gasteiger partial charge is 0.374 e. The Balaban J connectivity index is 1.51. The van der Waals surface area contributed by atoms with Crippen LogP contribution in [0.5, 0.6) is 0 Å². The maximum Gasteiger partial charge on any atom is 0.210 e. The molecule has 1 aromatic carbocycles. The SMILES string of the molecule is Nc1nnc(N2C[C@@H]3CC[C@H]2CN(Cc2ccccc2)C3)s1. The number of hydrogen-bond acceptors (Lipinski definition) is 6. The van der Waals surface area contributed by atoms with Crippen LogP contribution in [-0.4, -0.2) is 40.8 Å². The molecule has 5 nitrogen and oxygen atoms in total. The van der Waals surface area contributed by atoms with E-state index in [1.54, 1.807) is 0 Å². The molecule has 0 radical (unpaired) electrons. The molecule has 3 aliphatic rings. The predicted octanol–water partition coefficient (Wildman–Crippen LogP) is 2.22. The highest BCUT2D eigenvalue weighted by Gasteiger charge is 2.36. The molecule has 4 heterocycles. The number of nitrogens with two attached hydrogens (primary N) is 1. The van der Waals surface area contributed by atoms with Gasteiger partial charge in [0.15, 0.2) is 0 Å². The molecule has 1 aromatic heterocycles. The van der Waals surface area contributed by atoms with E-state index in [1.165, 1.54) is 36.3 Å². The zero-order chi connectivity index (χ0) is 14.9. The van der Waals surface area contributed by atoms with Crippen LogP contribution in [0.15, 0.2) is 30.3 Å². The Hall–Kier alpha value is -1.66. The molecule has 22 heavy (non-hydrogen) atoms. The molecule has 3 aliphatic heterocycles. The van der Waals surface area contributed by atoms with E-state index in [9.17, 15) is 0 Å². The van der Waals surface area contributed by atoms with Crippen LogP contribution in [0.3, 0.4) is 0 Å². The predicted molar refractivity (Wildman–Crippen MR) is 89.9 cm³/mol. The Morgan fingerprint density at radius 3 is 2.73 bits per heavy atom. The minimum absolute atomic E-state index is 0.537. The van der Waals surface area contributed by atoms with Crippen molar-refractivity contribution in [3.63, 3.8) is 0 Å². The molecule has 0 saturated carbocycles. The minimum Gasteiger partial charge on any atom is -0.374 e. The monoisotopic (exact) mass is 315 g/mol. The van der Waals surface area contributed by atoms with Gasteiger partial charge in [0.25, 0.3) is 0 Å². The lowest BCUT2D eigenvalue weighted by Crippen LogP contribution is -2.44. The molecule has 0 aliphatic carbocycles. The topological polar surface area (TPSA) is 58.3 Å². The maximum absolute atomic E-state index is 5.76. The van der Waals surface area contributed by atoms with E-state index in [1.807, 2.05) is 0 Å². The van der Waals surface area contributed by atoms with Crippen LogP contribution in [0, 0.1) is 5.92 Å². The molecule has 6 heteroatoms. The molecule has 116 valence electrons. The molecule has 0 spiro atoms. The second kappa shape index (κ2) is 5.85. The molecule has 3 saturated heterocycles. The van der Waals surface area contributed by atoms with Gasteiger partial charge in [0.05, 0.1) is 0 Å². The molecule has 5 rings (SSSR count). The second-order valence-electron chi connectivity index (χ2n) is 6.35. The molecule has 0 amide bonds. The minimum atomic E-state index is 0.537. The summed E-state index contributed by atoms with van der Waals surface area (Å²) in [5.74, 6) is 0.715. The average molecular weight is 315 g/mol. The summed E-state index contributed by atoms with van der Waals surface area (Å²) in [6, 6.07) is 11.3. The van der Waals surface area contributed by atoms with Crippen molar-refractivity contribution in [2.75, 3.05) is 30.3 Å². The first-order valence-corrected chi connectivity index (χ1v) is 8.71. The molecule has 2 N–H and O–H groups in total. The van der Waals surface area contributed by atoms with Crippen LogP contribution < -0.4 is 10.6 Å². The molecule has 2 atom stereocenters. The summed E-state index contributed by atoms with van der Waals surface area (Å²) in [7, 11) is 0. The lowest BCUT2D eigenvalue weighted by molar-refractivity contribution is 0.256. The lowest BCUT2D eigenvalue weighted by Gasteiger charge is -2.35. The van der Waals surface area contributed by atoms with Crippen LogP contribution in [0.1, 0.15) is 18.4 Å². The smallest absolute Gasteiger partial charge is 0.210 e. The summed E-state index contributed by atoms with van der Waals surface area (Å²) in [4.78, 5) is 5.04. The van der Waals surface area contributed by atoms with E-state index >= 15 is 0 Å². The van der Waals surface area contributed by atoms with Gasteiger partial charge >= 0.3 is 0 Å². The highest BCUT2D eigenvalue weighted by atomic mass is 32.1. The molecule has 0 unspecified atom stereocenters. The fourth-order valence-corrected chi connectivity index (χ4v) is 4.42. The summed E-state index contributed by atoms with van der Waals surface area (Å²) >= 11 is 1.51. The fourth-order valence-electron chi connectivity index (χ4n) is 3.73. The Morgan fingerprint density at radius 1 is 1.09 bits per heavy atom. The van der Waals surface area contributed by atoms with Gasteiger partial charge in [-0.2, -0.15) is 0 Å². The quantitative estimate of drug-likeness (QED) is 0.941. The molecular weight excluding hydrogens is 294 g/mol. The van der Waals surface area contributed by atoms with Crippen molar-refractivity contribution in [3.8, 4) is 0 Å². The van der Waals surface area contributed by atoms with Crippen molar-refractivity contribution in [1.29, 1.82) is 0 Å². The number of nitrogen functional groups attached to an aromatic ring is 1. The number of hydrogen-bond donors (Lipinski definition) is 1. The van der Waals surface area contributed by atoms with Crippen LogP contribution in [0.4, 0.5) is 10.3 Å². The Bertz CT molecular complexity index is 628. The number of piperidine rings is 1. The molecule has 3 fully saturated rings. The van der Waals surface area contributed by atoms with Gasteiger partial charge in [0, 0.05) is 32.2 Å². The third kappa shape index (κ3) is 2.80. The first-order valence-electron chi connectivity index (χ1n) is 7.90. The Labute approximate surface area is 134 Å². The average Bonchev–Trinajstić information content (AvgIpc) is 2.77. The van der Waals surface area contributed by atoms with Gasteiger partial charge in [-0.15, -0.1) is 10.2 Å². The third-order valence-corrected chi connectivity index (χ3v) is 5.50. The van der Waals surface area contributed by atoms with Crippen LogP contribution in [0.25, 0.3) is 0 Å². The molecule has 2 aromatic rings. The van der Waals surface area contributed by atoms with Gasteiger partial charge in [-0.25, -0.2) is 0 Å². The molecule has 2 bridgehead atoms. The van der Waals surface area contributed by atoms with Crippen molar-refractivity contribution < 1.29 is 0 Å². The number of fused-ring (bicyclic) bond motifs is 4. The number of nitrogens with zero attached hydrogens (tertiary/aromatic N) is 4. The highest BCUT2D eigenvalue weighted by Crippen LogP contribution is 2.34. The van der Waals surface area contributed by atoms with Gasteiger partial charge in [-0.1, -0.05) is 41.7 Å². The van der Waals surface area contributed by atoms with Crippen molar-refractivity contribution in [3.05, 3.63) is 35.9 Å². The zero-order valence-electron chi connectivity index (χ0n) is 12.6. The van der Waals surface area contributed by atoms with Crippen molar-refractivity contribution in [1.82, 2.24) is 15.1 Å². The zero-order valence-corrected chi connectivity index (χ0v) is 13.4. The van der Waals surface area contributed by atoms with Gasteiger partial charge in [0.1, 0.15) is 0 Å². The van der Waals surface area contributed by atoms with E-state index in [-0.39, 0.29) is 0 Å². The maximum atomic E-state index is 5.76. The van der Waals surface area contributed by atoms with Gasteiger partial charge < -0.3 is 10.6 Å². The third-order valence-electron chi connectivity index (χ3n) is 4.71. The normalized spacial score (nSPS) is 25.4. The Morgan fingerprint density at radius 2 is 1.95 bits per heavy atom. The van der Waals surface area contributed by atoms with E-state index in [0.717, 1.165) is 24.8 Å². The molecular formula is C16H21N5S. The van der Waals surface area contributed by atoms with Crippen LogP contribution in [-0.2, 0) is 6.54 Å². The Kier molecular flexibility index (Phi) is 3.72. The van der Waals surface area contributed by atoms with Gasteiger partial charge in [-0.05, 0) is 24.3 Å². The summed E-state index contributed by atoms with van der Waals surface area (Å²) in [5.41, 5.74) is 7.16. The van der Waals surface area contributed by atoms with Crippen molar-refractivity contribution >= 4 is 21.6 Å². The van der Waals surface area contributed by atoms with E-state index < -0.39 is 0 Å². The lowest BCUT2D eigenvalue weighted by atomic mass is 9.95. The van der Waals surface area contributed by atoms with Gasteiger partial charge in [0.2, 0.25) is 10.3 Å². The first-order chi connectivity index (χ1) is 10.8. The van der Waals surface area contributed by atoms with Crippen LogP contribution >= 0.6 is 11.3 Å². The van der Waals surface area contributed by atoms with E-state index in [0.29, 0.717) is 17.1 Å². The number of aromatic nitrogens is 2. The number of anilines is 2. The van der Waals surface area contributed by atoms with Gasteiger partial charge in [-0.3, -0.25) is 4.90 Å². The van der Waals surface area contributed by atoms with Crippen LogP contribution in [0.2, 0.25) is 0 Å². The second-order valence-corrected chi connectivity index (χ2v) is 7.34. The van der Waals surface area contributed by atoms with Crippen molar-refractivity contribution in [2.45, 2.75) is 25.4 Å². The standard InChI is InChI=1S/C16H21N5S/c17-15-18-19-16(22-15)21-10-13-6-7-14(21)11-20(9-13)8-12-4-2-1-3-5-12/h1-5,13-14H,6-11H2,(H2,17,18)/t13-,14+/m1/s1. The summed E-state index contributed by atoms with van der Waals surface area (Å²) < 4.78 is 0. The summed E-state index contributed by atoms with van der Waals surface area (Å²) in [6.45, 7) is 4.41. The highest BCUT2D eigenvalue weighted by molar-refractivity contribution is 7.18. The van der Waals surface area contributed by atoms with Crippen molar-refractivity contribution in [2.24, 2.45) is 5.92 Å². The number of rotatable bonds is 3. The first kappa shape index (κ1) is 14.0.